The molecule has 8 aliphatic rings. The molecule has 1 aliphatic carbocycles. The summed E-state index contributed by atoms with van der Waals surface area (Å²) >= 11 is 1.50. The fourth-order valence-corrected chi connectivity index (χ4v) is 14.1. The molecule has 19 heteroatoms. The number of fused-ring (bicyclic) bond motifs is 6. The van der Waals surface area contributed by atoms with E-state index in [2.05, 4.69) is 80.4 Å². The first-order chi connectivity index (χ1) is 37.3. The number of methoxy groups -OCH3 is 1. The number of anilines is 1. The minimum atomic E-state index is -1.05. The molecule has 10 heterocycles. The van der Waals surface area contributed by atoms with Gasteiger partial charge in [-0.05, 0) is 102 Å². The normalized spacial score (nSPS) is 27.9. The van der Waals surface area contributed by atoms with Crippen LogP contribution in [0.5, 0.6) is 0 Å². The van der Waals surface area contributed by atoms with Crippen molar-refractivity contribution in [2.75, 3.05) is 90.9 Å². The Kier molecular flexibility index (Phi) is 15.3. The smallest absolute Gasteiger partial charge is 0.324 e. The van der Waals surface area contributed by atoms with Gasteiger partial charge in [0.2, 0.25) is 5.91 Å². The van der Waals surface area contributed by atoms with Gasteiger partial charge in [-0.1, -0.05) is 19.9 Å². The number of esters is 1. The molecular weight excluding hydrogens is 999 g/mol. The number of carbonyl (C=O) groups excluding carboxylic acids is 3. The Hall–Kier alpha value is -4.57. The Morgan fingerprint density at radius 2 is 1.79 bits per heavy atom. The number of carbonyl (C=O) groups is 3. The van der Waals surface area contributed by atoms with Gasteiger partial charge in [0.15, 0.2) is 0 Å². The summed E-state index contributed by atoms with van der Waals surface area (Å²) < 4.78 is 39.7. The molecule has 4 aromatic rings. The van der Waals surface area contributed by atoms with Crippen LogP contribution in [0.25, 0.3) is 33.4 Å². The van der Waals surface area contributed by atoms with Crippen LogP contribution in [0.3, 0.4) is 0 Å². The van der Waals surface area contributed by atoms with Crippen LogP contribution in [0.2, 0.25) is 0 Å². The molecule has 12 rings (SSSR count). The number of nitrogens with one attached hydrogen (secondary N) is 2. The second kappa shape index (κ2) is 22.2. The first-order valence-electron chi connectivity index (χ1n) is 28.7. The van der Waals surface area contributed by atoms with Crippen molar-refractivity contribution in [3.05, 3.63) is 52.1 Å². The van der Waals surface area contributed by atoms with E-state index in [1.807, 2.05) is 13.1 Å². The first-order valence-corrected chi connectivity index (χ1v) is 29.6. The van der Waals surface area contributed by atoms with Gasteiger partial charge in [-0.2, -0.15) is 0 Å². The number of rotatable bonds is 12. The molecule has 2 N–H and O–H groups in total. The van der Waals surface area contributed by atoms with Crippen LogP contribution in [0.15, 0.2) is 35.8 Å². The topological polar surface area (TPSA) is 174 Å². The number of piperazine rings is 1. The van der Waals surface area contributed by atoms with Crippen molar-refractivity contribution in [2.24, 2.45) is 5.41 Å². The highest BCUT2D eigenvalue weighted by Crippen LogP contribution is 2.46. The van der Waals surface area contributed by atoms with Gasteiger partial charge < -0.3 is 43.2 Å². The summed E-state index contributed by atoms with van der Waals surface area (Å²) in [6, 6.07) is 7.25. The molecule has 6 bridgehead atoms. The van der Waals surface area contributed by atoms with Gasteiger partial charge in [0.05, 0.1) is 72.1 Å². The van der Waals surface area contributed by atoms with E-state index in [0.29, 0.717) is 83.3 Å². The van der Waals surface area contributed by atoms with Gasteiger partial charge in [0.1, 0.15) is 23.2 Å². The zero-order chi connectivity index (χ0) is 53.0. The van der Waals surface area contributed by atoms with Crippen molar-refractivity contribution in [1.82, 2.24) is 40.1 Å². The van der Waals surface area contributed by atoms with Crippen molar-refractivity contribution in [2.45, 2.75) is 159 Å². The molecular formula is C58H79N9O9S. The molecule has 1 spiro atoms. The lowest BCUT2D eigenvalue weighted by Gasteiger charge is -2.55. The molecule has 6 saturated heterocycles. The van der Waals surface area contributed by atoms with Crippen LogP contribution < -0.4 is 15.6 Å². The van der Waals surface area contributed by atoms with E-state index in [1.165, 1.54) is 29.2 Å². The quantitative estimate of drug-likeness (QED) is 0.145. The lowest BCUT2D eigenvalue weighted by atomic mass is 9.83. The van der Waals surface area contributed by atoms with E-state index in [0.717, 1.165) is 115 Å². The third-order valence-corrected chi connectivity index (χ3v) is 18.6. The first kappa shape index (κ1) is 53.1. The number of cyclic esters (lactones) is 1. The van der Waals surface area contributed by atoms with E-state index in [1.54, 1.807) is 7.11 Å². The number of ether oxygens (including phenoxy) is 6. The van der Waals surface area contributed by atoms with Gasteiger partial charge in [-0.15, -0.1) is 11.3 Å². The minimum Gasteiger partial charge on any atom is -0.464 e. The molecule has 1 aromatic carbocycles. The number of nitrogens with zero attached hydrogens (tertiary/aromatic N) is 7. The van der Waals surface area contributed by atoms with Gasteiger partial charge in [0.25, 0.3) is 5.91 Å². The van der Waals surface area contributed by atoms with Crippen molar-refractivity contribution in [3.8, 4) is 22.5 Å². The van der Waals surface area contributed by atoms with E-state index < -0.39 is 35.6 Å². The third-order valence-electron chi connectivity index (χ3n) is 17.6. The fraction of sp³-hybridized carbons (Fsp3) is 0.672. The number of hydrazine groups is 1. The second-order valence-electron chi connectivity index (χ2n) is 24.0. The third kappa shape index (κ3) is 11.1. The maximum atomic E-state index is 15.3. The van der Waals surface area contributed by atoms with Crippen LogP contribution in [0, 0.1) is 5.41 Å². The maximum absolute atomic E-state index is 15.3. The largest absolute Gasteiger partial charge is 0.464 e. The molecule has 77 heavy (non-hydrogen) atoms. The molecule has 0 unspecified atom stereocenters. The Morgan fingerprint density at radius 3 is 2.53 bits per heavy atom. The zero-order valence-corrected chi connectivity index (χ0v) is 46.6. The van der Waals surface area contributed by atoms with E-state index >= 15 is 4.79 Å². The van der Waals surface area contributed by atoms with Gasteiger partial charge in [-0.25, -0.2) is 10.4 Å². The number of benzene rings is 1. The number of likely N-dealkylation sites (tertiary alicyclic amines) is 1. The molecule has 18 nitrogen and oxygen atoms in total. The molecule has 416 valence electrons. The fourth-order valence-electron chi connectivity index (χ4n) is 13.1. The molecule has 6 atom stereocenters. The summed E-state index contributed by atoms with van der Waals surface area (Å²) in [5.74, 6) is -1.08. The number of pyridine rings is 1. The molecule has 1 saturated carbocycles. The molecule has 3 aromatic heterocycles. The highest BCUT2D eigenvalue weighted by atomic mass is 32.1. The standard InChI is InChI=1S/C58H79N9O9S/c1-36-27-48(76-36)53(68)61-50-52(65-33-58(34-65)16-6-7-23-75-58)54-60-46(32-77-54)38-10-13-47-42(28-38)44(30-57(3,4)35-74-56(70)45-9-8-17-67(62-45)55(50)69)51(66(47)22-26-73-41-14-24-72-25-15-41)43-29-40(31-59-49(43)37(2)71-5)64-20-18-63(19-21-64)39-11-12-39/h10,13,28-29,31-32,36-37,39,41,45,48,50,52,62H,6-9,11-12,14-27,30,33-35H2,1-5H3,(H,61,68)/t36-,37+,45+,48+,50+,52+/m1/s1. The van der Waals surface area contributed by atoms with Crippen molar-refractivity contribution in [3.63, 3.8) is 0 Å². The number of hydrogen-bond donors (Lipinski definition) is 2. The predicted octanol–water partition coefficient (Wildman–Crippen LogP) is 6.59. The second-order valence-corrected chi connectivity index (χ2v) is 24.9. The average molecular weight is 1080 g/mol. The number of thiazole rings is 1. The van der Waals surface area contributed by atoms with Crippen LogP contribution in [-0.4, -0.2) is 175 Å². The highest BCUT2D eigenvalue weighted by molar-refractivity contribution is 7.10. The monoisotopic (exact) mass is 1080 g/mol. The number of hydrogen-bond acceptors (Lipinski definition) is 16. The maximum Gasteiger partial charge on any atom is 0.324 e. The highest BCUT2D eigenvalue weighted by Gasteiger charge is 2.53. The molecule has 7 aliphatic heterocycles. The Labute approximate surface area is 456 Å². The summed E-state index contributed by atoms with van der Waals surface area (Å²) in [5, 5.41) is 8.59. The predicted molar refractivity (Wildman–Crippen MR) is 292 cm³/mol. The summed E-state index contributed by atoms with van der Waals surface area (Å²) in [7, 11) is 1.74. The number of aromatic nitrogens is 3. The molecule has 7 fully saturated rings. The minimum absolute atomic E-state index is 0.0462. The Bertz CT molecular complexity index is 2780. The zero-order valence-electron chi connectivity index (χ0n) is 45.8. The summed E-state index contributed by atoms with van der Waals surface area (Å²) in [5.41, 5.74) is 10.3. The van der Waals surface area contributed by atoms with Crippen LogP contribution in [0.4, 0.5) is 5.69 Å². The van der Waals surface area contributed by atoms with E-state index in [4.69, 9.17) is 38.4 Å². The summed E-state index contributed by atoms with van der Waals surface area (Å²) in [4.78, 5) is 61.9. The van der Waals surface area contributed by atoms with Gasteiger partial charge in [-0.3, -0.25) is 34.2 Å². The summed E-state index contributed by atoms with van der Waals surface area (Å²) in [6.45, 7) is 17.1. The lowest BCUT2D eigenvalue weighted by molar-refractivity contribution is -0.185. The van der Waals surface area contributed by atoms with E-state index in [9.17, 15) is 9.59 Å². The van der Waals surface area contributed by atoms with E-state index in [-0.39, 0.29) is 42.3 Å². The summed E-state index contributed by atoms with van der Waals surface area (Å²) in [6.07, 6.45) is 10.7. The number of amides is 2. The van der Waals surface area contributed by atoms with Crippen molar-refractivity contribution < 1.29 is 42.8 Å². The van der Waals surface area contributed by atoms with Crippen LogP contribution >= 0.6 is 11.3 Å². The molecule has 0 radical (unpaired) electrons. The van der Waals surface area contributed by atoms with Gasteiger partial charge in [0, 0.05) is 125 Å². The van der Waals surface area contributed by atoms with Crippen molar-refractivity contribution in [1.29, 1.82) is 0 Å². The Balaban J connectivity index is 0.999. The van der Waals surface area contributed by atoms with Crippen LogP contribution in [-0.2, 0) is 55.8 Å². The molecule has 2 amide bonds. The van der Waals surface area contributed by atoms with Crippen molar-refractivity contribution >= 4 is 45.7 Å². The van der Waals surface area contributed by atoms with Crippen LogP contribution in [0.1, 0.15) is 120 Å². The lowest BCUT2D eigenvalue weighted by Crippen LogP contribution is -2.69. The average Bonchev–Trinajstić information content (AvgIpc) is 4.14. The Morgan fingerprint density at radius 1 is 0.987 bits per heavy atom. The van der Waals surface area contributed by atoms with Gasteiger partial charge >= 0.3 is 5.97 Å². The SMILES string of the molecule is CO[C@@H](C)c1ncc(N2CCN(C3CC3)CC2)cc1-c1c2c3cc(ccc3n1CCOC1CCOCC1)-c1csc(n1)[C@@H](N1CC3(CCCCO3)C1)[C@H](NC(=O)[C@@H]1C[C@@H](C)O1)C(=O)N1CCC[C@H](N1)C(=O)OCC(C)(C)C2.